The molecule has 0 aliphatic heterocycles. The molecule has 1 aromatic carbocycles. The standard InChI is InChI=1S/C11H8ClN3O2/c12-9-5-13-6-10(14-9)15-11(17)7-2-1-3-8(16)4-7/h1-6,16H,(H,14,15,17). The van der Waals surface area contributed by atoms with Crippen molar-refractivity contribution < 1.29 is 9.90 Å². The molecule has 17 heavy (non-hydrogen) atoms. The average molecular weight is 250 g/mol. The first-order valence-corrected chi connectivity index (χ1v) is 5.11. The summed E-state index contributed by atoms with van der Waals surface area (Å²) in [5.41, 5.74) is 0.326. The smallest absolute Gasteiger partial charge is 0.256 e. The van der Waals surface area contributed by atoms with Crippen LogP contribution in [0.4, 0.5) is 5.82 Å². The molecule has 0 saturated carbocycles. The van der Waals surface area contributed by atoms with Crippen molar-refractivity contribution in [1.82, 2.24) is 9.97 Å². The van der Waals surface area contributed by atoms with Crippen molar-refractivity contribution in [3.8, 4) is 5.75 Å². The van der Waals surface area contributed by atoms with E-state index in [2.05, 4.69) is 15.3 Å². The van der Waals surface area contributed by atoms with Crippen molar-refractivity contribution in [3.63, 3.8) is 0 Å². The van der Waals surface area contributed by atoms with Gasteiger partial charge in [0.05, 0.1) is 12.4 Å². The highest BCUT2D eigenvalue weighted by atomic mass is 35.5. The van der Waals surface area contributed by atoms with Crippen molar-refractivity contribution in [1.29, 1.82) is 0 Å². The molecule has 86 valence electrons. The van der Waals surface area contributed by atoms with Gasteiger partial charge in [-0.1, -0.05) is 17.7 Å². The molecule has 0 saturated heterocycles. The van der Waals surface area contributed by atoms with E-state index in [4.69, 9.17) is 11.6 Å². The number of halogens is 1. The van der Waals surface area contributed by atoms with E-state index < -0.39 is 5.91 Å². The monoisotopic (exact) mass is 249 g/mol. The summed E-state index contributed by atoms with van der Waals surface area (Å²) in [6.45, 7) is 0. The van der Waals surface area contributed by atoms with Crippen LogP contribution >= 0.6 is 11.6 Å². The number of nitrogens with one attached hydrogen (secondary N) is 1. The van der Waals surface area contributed by atoms with Crippen LogP contribution in [0.15, 0.2) is 36.7 Å². The van der Waals surface area contributed by atoms with Gasteiger partial charge in [-0.05, 0) is 18.2 Å². The third-order valence-corrected chi connectivity index (χ3v) is 2.14. The normalized spacial score (nSPS) is 9.94. The number of nitrogens with zero attached hydrogens (tertiary/aromatic N) is 2. The zero-order valence-corrected chi connectivity index (χ0v) is 9.35. The van der Waals surface area contributed by atoms with Crippen molar-refractivity contribution >= 4 is 23.3 Å². The summed E-state index contributed by atoms with van der Waals surface area (Å²) in [4.78, 5) is 19.4. The molecular formula is C11H8ClN3O2. The number of carbonyl (C=O) groups excluding carboxylic acids is 1. The minimum Gasteiger partial charge on any atom is -0.508 e. The third-order valence-electron chi connectivity index (χ3n) is 1.96. The highest BCUT2D eigenvalue weighted by Crippen LogP contribution is 2.13. The number of benzene rings is 1. The number of amides is 1. The fraction of sp³-hybridized carbons (Fsp3) is 0. The molecule has 1 amide bonds. The molecule has 1 heterocycles. The number of anilines is 1. The number of rotatable bonds is 2. The second-order valence-electron chi connectivity index (χ2n) is 3.23. The van der Waals surface area contributed by atoms with Gasteiger partial charge in [0.2, 0.25) is 0 Å². The number of phenols is 1. The molecule has 0 fully saturated rings. The first-order valence-electron chi connectivity index (χ1n) is 4.73. The molecule has 0 spiro atoms. The predicted octanol–water partition coefficient (Wildman–Crippen LogP) is 2.09. The van der Waals surface area contributed by atoms with Gasteiger partial charge in [0, 0.05) is 5.56 Å². The van der Waals surface area contributed by atoms with Gasteiger partial charge in [0.25, 0.3) is 5.91 Å². The molecule has 0 aliphatic carbocycles. The summed E-state index contributed by atoms with van der Waals surface area (Å²) >= 11 is 5.63. The molecule has 0 atom stereocenters. The van der Waals surface area contributed by atoms with Crippen LogP contribution in [0.2, 0.25) is 5.15 Å². The van der Waals surface area contributed by atoms with Gasteiger partial charge in [0.1, 0.15) is 10.9 Å². The molecule has 5 nitrogen and oxygen atoms in total. The highest BCUT2D eigenvalue weighted by Gasteiger charge is 2.07. The Hall–Kier alpha value is -2.14. The number of hydrogen-bond donors (Lipinski definition) is 2. The van der Waals surface area contributed by atoms with Crippen LogP contribution in [0.25, 0.3) is 0 Å². The van der Waals surface area contributed by atoms with Gasteiger partial charge >= 0.3 is 0 Å². The molecule has 0 aliphatic rings. The maximum Gasteiger partial charge on any atom is 0.256 e. The van der Waals surface area contributed by atoms with Crippen LogP contribution in [-0.4, -0.2) is 21.0 Å². The molecule has 2 rings (SSSR count). The summed E-state index contributed by atoms with van der Waals surface area (Å²) in [7, 11) is 0. The fourth-order valence-corrected chi connectivity index (χ4v) is 1.39. The van der Waals surface area contributed by atoms with Crippen molar-refractivity contribution in [2.24, 2.45) is 0 Å². The van der Waals surface area contributed by atoms with Gasteiger partial charge < -0.3 is 10.4 Å². The van der Waals surface area contributed by atoms with Crippen LogP contribution in [0, 0.1) is 0 Å². The van der Waals surface area contributed by atoms with E-state index >= 15 is 0 Å². The lowest BCUT2D eigenvalue weighted by Crippen LogP contribution is -2.12. The zero-order valence-electron chi connectivity index (χ0n) is 8.59. The van der Waals surface area contributed by atoms with Gasteiger partial charge in [-0.15, -0.1) is 0 Å². The largest absolute Gasteiger partial charge is 0.508 e. The Morgan fingerprint density at radius 2 is 2.18 bits per heavy atom. The first-order chi connectivity index (χ1) is 8.15. The number of carbonyl (C=O) groups is 1. The molecule has 0 unspecified atom stereocenters. The zero-order chi connectivity index (χ0) is 12.3. The summed E-state index contributed by atoms with van der Waals surface area (Å²) in [6, 6.07) is 5.99. The Morgan fingerprint density at radius 1 is 1.35 bits per heavy atom. The molecular weight excluding hydrogens is 242 g/mol. The van der Waals surface area contributed by atoms with Gasteiger partial charge in [0.15, 0.2) is 5.82 Å². The SMILES string of the molecule is O=C(Nc1cncc(Cl)n1)c1cccc(O)c1. The Labute approximate surface area is 102 Å². The quantitative estimate of drug-likeness (QED) is 0.855. The minimum absolute atomic E-state index is 0.0230. The molecule has 6 heteroatoms. The highest BCUT2D eigenvalue weighted by molar-refractivity contribution is 6.29. The maximum absolute atomic E-state index is 11.7. The summed E-state index contributed by atoms with van der Waals surface area (Å²) < 4.78 is 0. The lowest BCUT2D eigenvalue weighted by Gasteiger charge is -2.04. The first kappa shape index (κ1) is 11.3. The minimum atomic E-state index is -0.391. The number of hydrogen-bond acceptors (Lipinski definition) is 4. The van der Waals surface area contributed by atoms with E-state index in [0.29, 0.717) is 5.56 Å². The lowest BCUT2D eigenvalue weighted by atomic mass is 10.2. The lowest BCUT2D eigenvalue weighted by molar-refractivity contribution is 0.102. The Balaban J connectivity index is 2.17. The van der Waals surface area contributed by atoms with Crippen molar-refractivity contribution in [3.05, 3.63) is 47.4 Å². The molecule has 0 bridgehead atoms. The van der Waals surface area contributed by atoms with Crippen LogP contribution in [-0.2, 0) is 0 Å². The predicted molar refractivity (Wildman–Crippen MR) is 63.1 cm³/mol. The van der Waals surface area contributed by atoms with E-state index in [-0.39, 0.29) is 16.7 Å². The Bertz CT molecular complexity index is 560. The van der Waals surface area contributed by atoms with Crippen LogP contribution in [0.1, 0.15) is 10.4 Å². The van der Waals surface area contributed by atoms with E-state index in [1.165, 1.54) is 24.5 Å². The number of aromatic hydroxyl groups is 1. The third kappa shape index (κ3) is 2.92. The topological polar surface area (TPSA) is 75.1 Å². The van der Waals surface area contributed by atoms with E-state index in [1.54, 1.807) is 12.1 Å². The molecule has 2 aromatic rings. The van der Waals surface area contributed by atoms with Gasteiger partial charge in [-0.25, -0.2) is 4.98 Å². The van der Waals surface area contributed by atoms with Crippen LogP contribution in [0.5, 0.6) is 5.75 Å². The van der Waals surface area contributed by atoms with E-state index in [9.17, 15) is 9.90 Å². The summed E-state index contributed by atoms with van der Waals surface area (Å²) in [6.07, 6.45) is 2.75. The van der Waals surface area contributed by atoms with E-state index in [1.807, 2.05) is 0 Å². The summed E-state index contributed by atoms with van der Waals surface area (Å²) in [5, 5.41) is 12.0. The fourth-order valence-electron chi connectivity index (χ4n) is 1.24. The van der Waals surface area contributed by atoms with Crippen molar-refractivity contribution in [2.45, 2.75) is 0 Å². The molecule has 2 N–H and O–H groups in total. The Morgan fingerprint density at radius 3 is 2.88 bits per heavy atom. The molecule has 0 radical (unpaired) electrons. The Kier molecular flexibility index (Phi) is 3.20. The number of phenolic OH excluding ortho intramolecular Hbond substituents is 1. The van der Waals surface area contributed by atoms with Gasteiger partial charge in [-0.2, -0.15) is 0 Å². The number of aromatic nitrogens is 2. The summed E-state index contributed by atoms with van der Waals surface area (Å²) in [5.74, 6) is -0.113. The second-order valence-corrected chi connectivity index (χ2v) is 3.62. The van der Waals surface area contributed by atoms with Gasteiger partial charge in [-0.3, -0.25) is 9.78 Å². The van der Waals surface area contributed by atoms with Crippen LogP contribution < -0.4 is 5.32 Å². The second kappa shape index (κ2) is 4.80. The average Bonchev–Trinajstić information content (AvgIpc) is 2.29. The van der Waals surface area contributed by atoms with Crippen LogP contribution in [0.3, 0.4) is 0 Å². The maximum atomic E-state index is 11.7. The molecule has 1 aromatic heterocycles. The van der Waals surface area contributed by atoms with Crippen molar-refractivity contribution in [2.75, 3.05) is 5.32 Å². The van der Waals surface area contributed by atoms with E-state index in [0.717, 1.165) is 0 Å².